The molecule has 1 aliphatic rings. The largest absolute Gasteiger partial charge is 0.314 e. The van der Waals surface area contributed by atoms with E-state index in [1.165, 1.54) is 12.1 Å². The SMILES string of the molecule is CC(c1ccc(F)c(F)c1)N1CCNCC1.Cl.Cl. The molecule has 1 fully saturated rings. The van der Waals surface area contributed by atoms with Gasteiger partial charge in [0.2, 0.25) is 0 Å². The molecule has 1 aromatic rings. The van der Waals surface area contributed by atoms with Crippen molar-refractivity contribution in [3.8, 4) is 0 Å². The quantitative estimate of drug-likeness (QED) is 0.903. The minimum Gasteiger partial charge on any atom is -0.314 e. The Hall–Kier alpha value is -0.420. The number of nitrogens with one attached hydrogen (secondary N) is 1. The summed E-state index contributed by atoms with van der Waals surface area (Å²) in [6.07, 6.45) is 0. The highest BCUT2D eigenvalue weighted by Crippen LogP contribution is 2.22. The lowest BCUT2D eigenvalue weighted by atomic mass is 10.1. The zero-order valence-electron chi connectivity index (χ0n) is 10.2. The lowest BCUT2D eigenvalue weighted by molar-refractivity contribution is 0.185. The van der Waals surface area contributed by atoms with Crippen LogP contribution in [0.15, 0.2) is 18.2 Å². The van der Waals surface area contributed by atoms with Gasteiger partial charge in [0.1, 0.15) is 0 Å². The van der Waals surface area contributed by atoms with Gasteiger partial charge in [0, 0.05) is 32.2 Å². The van der Waals surface area contributed by atoms with Crippen LogP contribution < -0.4 is 5.32 Å². The number of rotatable bonds is 2. The topological polar surface area (TPSA) is 15.3 Å². The molecule has 1 saturated heterocycles. The number of halogens is 4. The van der Waals surface area contributed by atoms with E-state index in [1.54, 1.807) is 6.07 Å². The zero-order valence-corrected chi connectivity index (χ0v) is 11.8. The van der Waals surface area contributed by atoms with Crippen molar-refractivity contribution in [3.05, 3.63) is 35.4 Å². The first kappa shape index (κ1) is 17.6. The van der Waals surface area contributed by atoms with Gasteiger partial charge in [-0.15, -0.1) is 24.8 Å². The summed E-state index contributed by atoms with van der Waals surface area (Å²) in [6, 6.07) is 4.29. The van der Waals surface area contributed by atoms with Gasteiger partial charge in [0.05, 0.1) is 0 Å². The van der Waals surface area contributed by atoms with Crippen molar-refractivity contribution in [1.82, 2.24) is 10.2 Å². The summed E-state index contributed by atoms with van der Waals surface area (Å²) in [7, 11) is 0. The molecule has 0 saturated carbocycles. The van der Waals surface area contributed by atoms with Gasteiger partial charge in [0.15, 0.2) is 11.6 Å². The van der Waals surface area contributed by atoms with Crippen molar-refractivity contribution in [2.24, 2.45) is 0 Å². The third kappa shape index (κ3) is 4.05. The van der Waals surface area contributed by atoms with E-state index in [9.17, 15) is 8.78 Å². The Morgan fingerprint density at radius 2 is 1.72 bits per heavy atom. The highest BCUT2D eigenvalue weighted by atomic mass is 35.5. The van der Waals surface area contributed by atoms with Gasteiger partial charge in [-0.05, 0) is 24.6 Å². The first-order valence-corrected chi connectivity index (χ1v) is 5.58. The molecule has 1 atom stereocenters. The zero-order chi connectivity index (χ0) is 11.5. The molecule has 2 nitrogen and oxygen atoms in total. The first-order chi connectivity index (χ1) is 7.68. The molecule has 1 aliphatic heterocycles. The van der Waals surface area contributed by atoms with E-state index in [4.69, 9.17) is 0 Å². The molecular weight excluding hydrogens is 281 g/mol. The molecule has 0 spiro atoms. The second kappa shape index (κ2) is 7.89. The normalized spacial score (nSPS) is 17.5. The van der Waals surface area contributed by atoms with Gasteiger partial charge in [-0.1, -0.05) is 6.07 Å². The summed E-state index contributed by atoms with van der Waals surface area (Å²) in [5, 5.41) is 3.27. The third-order valence-electron chi connectivity index (χ3n) is 3.13. The number of hydrogen-bond acceptors (Lipinski definition) is 2. The molecule has 6 heteroatoms. The van der Waals surface area contributed by atoms with Gasteiger partial charge in [-0.2, -0.15) is 0 Å². The standard InChI is InChI=1S/C12H16F2N2.2ClH/c1-9(16-6-4-15-5-7-16)10-2-3-11(13)12(14)8-10;;/h2-3,8-9,15H,4-7H2,1H3;2*1H. The Morgan fingerprint density at radius 3 is 2.28 bits per heavy atom. The molecule has 0 bridgehead atoms. The second-order valence-corrected chi connectivity index (χ2v) is 4.14. The fraction of sp³-hybridized carbons (Fsp3) is 0.500. The predicted molar refractivity (Wildman–Crippen MR) is 73.7 cm³/mol. The van der Waals surface area contributed by atoms with Crippen LogP contribution in [0.4, 0.5) is 8.78 Å². The van der Waals surface area contributed by atoms with E-state index in [2.05, 4.69) is 10.2 Å². The van der Waals surface area contributed by atoms with E-state index >= 15 is 0 Å². The molecule has 104 valence electrons. The van der Waals surface area contributed by atoms with E-state index in [0.29, 0.717) is 0 Å². The molecular formula is C12H18Cl2F2N2. The summed E-state index contributed by atoms with van der Waals surface area (Å²) >= 11 is 0. The molecule has 0 radical (unpaired) electrons. The van der Waals surface area contributed by atoms with Crippen LogP contribution in [0.1, 0.15) is 18.5 Å². The van der Waals surface area contributed by atoms with Crippen molar-refractivity contribution in [1.29, 1.82) is 0 Å². The third-order valence-corrected chi connectivity index (χ3v) is 3.13. The maximum atomic E-state index is 13.1. The molecule has 0 amide bonds. The Morgan fingerprint density at radius 1 is 1.11 bits per heavy atom. The molecule has 0 aliphatic carbocycles. The molecule has 1 aromatic carbocycles. The fourth-order valence-electron chi connectivity index (χ4n) is 2.05. The molecule has 0 aromatic heterocycles. The Kier molecular flexibility index (Phi) is 7.71. The Balaban J connectivity index is 0.00000144. The van der Waals surface area contributed by atoms with Crippen LogP contribution in [0.3, 0.4) is 0 Å². The van der Waals surface area contributed by atoms with E-state index in [-0.39, 0.29) is 30.9 Å². The van der Waals surface area contributed by atoms with Crippen molar-refractivity contribution >= 4 is 24.8 Å². The summed E-state index contributed by atoms with van der Waals surface area (Å²) in [6.45, 7) is 5.82. The number of hydrogen-bond donors (Lipinski definition) is 1. The van der Waals surface area contributed by atoms with Crippen LogP contribution in [-0.4, -0.2) is 31.1 Å². The van der Waals surface area contributed by atoms with Crippen molar-refractivity contribution < 1.29 is 8.78 Å². The van der Waals surface area contributed by atoms with Gasteiger partial charge in [-0.25, -0.2) is 8.78 Å². The molecule has 1 N–H and O–H groups in total. The van der Waals surface area contributed by atoms with Crippen LogP contribution in [0, 0.1) is 11.6 Å². The molecule has 2 rings (SSSR count). The van der Waals surface area contributed by atoms with E-state index < -0.39 is 11.6 Å². The van der Waals surface area contributed by atoms with Gasteiger partial charge in [-0.3, -0.25) is 4.90 Å². The van der Waals surface area contributed by atoms with Crippen molar-refractivity contribution in [2.45, 2.75) is 13.0 Å². The van der Waals surface area contributed by atoms with Crippen LogP contribution in [0.2, 0.25) is 0 Å². The van der Waals surface area contributed by atoms with Crippen LogP contribution in [-0.2, 0) is 0 Å². The summed E-state index contributed by atoms with van der Waals surface area (Å²) in [4.78, 5) is 2.27. The average molecular weight is 299 g/mol. The molecule has 18 heavy (non-hydrogen) atoms. The maximum absolute atomic E-state index is 13.1. The predicted octanol–water partition coefficient (Wildman–Crippen LogP) is 2.77. The summed E-state index contributed by atoms with van der Waals surface area (Å²) in [5.74, 6) is -1.55. The fourth-order valence-corrected chi connectivity index (χ4v) is 2.05. The minimum absolute atomic E-state index is 0. The van der Waals surface area contributed by atoms with E-state index in [0.717, 1.165) is 31.7 Å². The van der Waals surface area contributed by atoms with Gasteiger partial charge >= 0.3 is 0 Å². The van der Waals surface area contributed by atoms with Crippen LogP contribution >= 0.6 is 24.8 Å². The van der Waals surface area contributed by atoms with Crippen molar-refractivity contribution in [2.75, 3.05) is 26.2 Å². The molecule has 1 heterocycles. The smallest absolute Gasteiger partial charge is 0.159 e. The highest BCUT2D eigenvalue weighted by molar-refractivity contribution is 5.85. The number of piperazine rings is 1. The van der Waals surface area contributed by atoms with Crippen LogP contribution in [0.5, 0.6) is 0 Å². The minimum atomic E-state index is -0.781. The maximum Gasteiger partial charge on any atom is 0.159 e. The number of nitrogens with zero attached hydrogens (tertiary/aromatic N) is 1. The first-order valence-electron chi connectivity index (χ1n) is 5.58. The second-order valence-electron chi connectivity index (χ2n) is 4.14. The number of benzene rings is 1. The lowest BCUT2D eigenvalue weighted by Gasteiger charge is -2.33. The summed E-state index contributed by atoms with van der Waals surface area (Å²) in [5.41, 5.74) is 0.834. The summed E-state index contributed by atoms with van der Waals surface area (Å²) < 4.78 is 25.9. The van der Waals surface area contributed by atoms with Gasteiger partial charge in [0.25, 0.3) is 0 Å². The highest BCUT2D eigenvalue weighted by Gasteiger charge is 2.18. The monoisotopic (exact) mass is 298 g/mol. The Labute approximate surface area is 119 Å². The Bertz CT molecular complexity index is 371. The van der Waals surface area contributed by atoms with E-state index in [1.807, 2.05) is 6.92 Å². The lowest BCUT2D eigenvalue weighted by Crippen LogP contribution is -2.44. The van der Waals surface area contributed by atoms with Crippen LogP contribution in [0.25, 0.3) is 0 Å². The van der Waals surface area contributed by atoms with Gasteiger partial charge < -0.3 is 5.32 Å². The van der Waals surface area contributed by atoms with Crippen molar-refractivity contribution in [3.63, 3.8) is 0 Å². The average Bonchev–Trinajstić information content (AvgIpc) is 2.33. The molecule has 1 unspecified atom stereocenters.